The summed E-state index contributed by atoms with van der Waals surface area (Å²) in [4.78, 5) is 5.40. The monoisotopic (exact) mass is 277 g/mol. The first-order valence-electron chi connectivity index (χ1n) is 6.07. The quantitative estimate of drug-likeness (QED) is 0.595. The van der Waals surface area contributed by atoms with E-state index in [0.29, 0.717) is 13.2 Å². The molecule has 0 atom stereocenters. The van der Waals surface area contributed by atoms with Crippen LogP contribution in [0, 0.1) is 5.82 Å². The van der Waals surface area contributed by atoms with Crippen molar-refractivity contribution in [3.05, 3.63) is 52.8 Å². The Bertz CT molecular complexity index is 556. The normalized spacial score (nSPS) is 10.5. The maximum absolute atomic E-state index is 12.8. The van der Waals surface area contributed by atoms with Crippen LogP contribution < -0.4 is 0 Å². The van der Waals surface area contributed by atoms with Crippen molar-refractivity contribution >= 4 is 11.3 Å². The van der Waals surface area contributed by atoms with Crippen LogP contribution >= 0.6 is 11.3 Å². The number of hydrogen-bond acceptors (Lipinski definition) is 3. The molecule has 0 amide bonds. The van der Waals surface area contributed by atoms with Crippen LogP contribution in [-0.4, -0.2) is 11.6 Å². The number of allylic oxidation sites excluding steroid dienone is 1. The molecule has 100 valence electrons. The average Bonchev–Trinajstić information content (AvgIpc) is 2.84. The smallest absolute Gasteiger partial charge is 0.123 e. The van der Waals surface area contributed by atoms with Crippen molar-refractivity contribution < 1.29 is 9.13 Å². The Morgan fingerprint density at radius 1 is 1.32 bits per heavy atom. The average molecular weight is 277 g/mol. The van der Waals surface area contributed by atoms with Crippen LogP contribution in [-0.2, 0) is 11.3 Å². The first kappa shape index (κ1) is 13.9. The van der Waals surface area contributed by atoms with Crippen LogP contribution in [0.2, 0.25) is 0 Å². The zero-order valence-corrected chi connectivity index (χ0v) is 11.8. The SMILES string of the molecule is CC(C)=CCOCc1cnc(-c2ccc(F)cc2)s1. The molecule has 2 nitrogen and oxygen atoms in total. The first-order chi connectivity index (χ1) is 9.15. The molecule has 0 N–H and O–H groups in total. The lowest BCUT2D eigenvalue weighted by Gasteiger charge is -1.98. The van der Waals surface area contributed by atoms with Crippen molar-refractivity contribution in [2.24, 2.45) is 0 Å². The summed E-state index contributed by atoms with van der Waals surface area (Å²) in [5.41, 5.74) is 2.18. The number of nitrogens with zero attached hydrogens (tertiary/aromatic N) is 1. The van der Waals surface area contributed by atoms with Gasteiger partial charge < -0.3 is 4.74 Å². The van der Waals surface area contributed by atoms with Gasteiger partial charge in [0, 0.05) is 11.8 Å². The Morgan fingerprint density at radius 3 is 2.74 bits per heavy atom. The van der Waals surface area contributed by atoms with Gasteiger partial charge in [0.1, 0.15) is 10.8 Å². The molecule has 2 rings (SSSR count). The third kappa shape index (κ3) is 4.26. The van der Waals surface area contributed by atoms with E-state index in [2.05, 4.69) is 4.98 Å². The predicted octanol–water partition coefficient (Wildman–Crippen LogP) is 4.43. The van der Waals surface area contributed by atoms with E-state index in [1.807, 2.05) is 26.1 Å². The molecule has 0 fully saturated rings. The van der Waals surface area contributed by atoms with E-state index >= 15 is 0 Å². The van der Waals surface area contributed by atoms with Crippen molar-refractivity contribution in [1.82, 2.24) is 4.98 Å². The first-order valence-corrected chi connectivity index (χ1v) is 6.88. The van der Waals surface area contributed by atoms with Gasteiger partial charge in [-0.3, -0.25) is 0 Å². The van der Waals surface area contributed by atoms with Crippen molar-refractivity contribution in [1.29, 1.82) is 0 Å². The summed E-state index contributed by atoms with van der Waals surface area (Å²) in [6.07, 6.45) is 3.85. The van der Waals surface area contributed by atoms with Crippen molar-refractivity contribution in [2.75, 3.05) is 6.61 Å². The van der Waals surface area contributed by atoms with Crippen LogP contribution in [0.25, 0.3) is 10.6 Å². The highest BCUT2D eigenvalue weighted by Crippen LogP contribution is 2.25. The molecule has 0 saturated carbocycles. The largest absolute Gasteiger partial charge is 0.372 e. The lowest BCUT2D eigenvalue weighted by Crippen LogP contribution is -1.90. The van der Waals surface area contributed by atoms with Crippen molar-refractivity contribution in [2.45, 2.75) is 20.5 Å². The lowest BCUT2D eigenvalue weighted by molar-refractivity contribution is 0.150. The zero-order chi connectivity index (χ0) is 13.7. The van der Waals surface area contributed by atoms with Crippen molar-refractivity contribution in [3.8, 4) is 10.6 Å². The highest BCUT2D eigenvalue weighted by Gasteiger charge is 2.04. The minimum absolute atomic E-state index is 0.231. The molecule has 0 saturated heterocycles. The number of ether oxygens (including phenoxy) is 1. The van der Waals surface area contributed by atoms with E-state index in [-0.39, 0.29) is 5.82 Å². The van der Waals surface area contributed by atoms with Gasteiger partial charge in [0.15, 0.2) is 0 Å². The minimum atomic E-state index is -0.231. The molecule has 4 heteroatoms. The molecule has 19 heavy (non-hydrogen) atoms. The maximum Gasteiger partial charge on any atom is 0.123 e. The molecule has 0 aliphatic carbocycles. The van der Waals surface area contributed by atoms with Gasteiger partial charge in [-0.05, 0) is 38.1 Å². The van der Waals surface area contributed by atoms with Gasteiger partial charge in [-0.1, -0.05) is 11.6 Å². The van der Waals surface area contributed by atoms with E-state index in [0.717, 1.165) is 15.4 Å². The Kier molecular flexibility index (Phi) is 4.82. The van der Waals surface area contributed by atoms with E-state index in [9.17, 15) is 4.39 Å². The summed E-state index contributed by atoms with van der Waals surface area (Å²) >= 11 is 1.57. The topological polar surface area (TPSA) is 22.1 Å². The van der Waals surface area contributed by atoms with E-state index in [4.69, 9.17) is 4.74 Å². The second-order valence-electron chi connectivity index (χ2n) is 4.44. The second-order valence-corrected chi connectivity index (χ2v) is 5.55. The maximum atomic E-state index is 12.8. The molecular formula is C15H16FNOS. The molecule has 0 aliphatic rings. The number of hydrogen-bond donors (Lipinski definition) is 0. The van der Waals surface area contributed by atoms with E-state index < -0.39 is 0 Å². The van der Waals surface area contributed by atoms with E-state index in [1.165, 1.54) is 17.7 Å². The lowest BCUT2D eigenvalue weighted by atomic mass is 10.2. The Morgan fingerprint density at radius 2 is 2.05 bits per heavy atom. The second kappa shape index (κ2) is 6.59. The highest BCUT2D eigenvalue weighted by molar-refractivity contribution is 7.15. The van der Waals surface area contributed by atoms with Crippen LogP contribution in [0.5, 0.6) is 0 Å². The van der Waals surface area contributed by atoms with Gasteiger partial charge >= 0.3 is 0 Å². The number of benzene rings is 1. The summed E-state index contributed by atoms with van der Waals surface area (Å²) < 4.78 is 18.4. The molecule has 0 bridgehead atoms. The van der Waals surface area contributed by atoms with Crippen LogP contribution in [0.4, 0.5) is 4.39 Å². The van der Waals surface area contributed by atoms with Gasteiger partial charge in [0.05, 0.1) is 18.1 Å². The van der Waals surface area contributed by atoms with Crippen LogP contribution in [0.3, 0.4) is 0 Å². The summed E-state index contributed by atoms with van der Waals surface area (Å²) in [6, 6.07) is 6.37. The molecule has 1 heterocycles. The van der Waals surface area contributed by atoms with Gasteiger partial charge in [0.25, 0.3) is 0 Å². The molecule has 0 spiro atoms. The third-order valence-electron chi connectivity index (χ3n) is 2.50. The molecule has 0 aliphatic heterocycles. The van der Waals surface area contributed by atoms with Crippen LogP contribution in [0.15, 0.2) is 42.1 Å². The van der Waals surface area contributed by atoms with E-state index in [1.54, 1.807) is 23.5 Å². The fourth-order valence-electron chi connectivity index (χ4n) is 1.49. The minimum Gasteiger partial charge on any atom is -0.372 e. The van der Waals surface area contributed by atoms with Gasteiger partial charge in [-0.2, -0.15) is 0 Å². The van der Waals surface area contributed by atoms with Gasteiger partial charge in [0.2, 0.25) is 0 Å². The Hall–Kier alpha value is -1.52. The standard InChI is InChI=1S/C15H16FNOS/c1-11(2)7-8-18-10-14-9-17-15(19-14)12-3-5-13(16)6-4-12/h3-7,9H,8,10H2,1-2H3. The molecular weight excluding hydrogens is 261 g/mol. The molecule has 1 aromatic carbocycles. The Balaban J connectivity index is 1.95. The molecule has 2 aromatic rings. The predicted molar refractivity (Wildman–Crippen MR) is 76.6 cm³/mol. The summed E-state index contributed by atoms with van der Waals surface area (Å²) in [7, 11) is 0. The number of thiazole rings is 1. The molecule has 1 aromatic heterocycles. The molecule has 0 radical (unpaired) electrons. The number of rotatable bonds is 5. The molecule has 0 unspecified atom stereocenters. The summed E-state index contributed by atoms with van der Waals surface area (Å²) in [6.45, 7) is 5.26. The van der Waals surface area contributed by atoms with Crippen molar-refractivity contribution in [3.63, 3.8) is 0 Å². The fraction of sp³-hybridized carbons (Fsp3) is 0.267. The number of halogens is 1. The fourth-order valence-corrected chi connectivity index (χ4v) is 2.34. The summed E-state index contributed by atoms with van der Waals surface area (Å²) in [5, 5.41) is 0.890. The Labute approximate surface area is 116 Å². The van der Waals surface area contributed by atoms with Gasteiger partial charge in [-0.15, -0.1) is 11.3 Å². The van der Waals surface area contributed by atoms with Gasteiger partial charge in [-0.25, -0.2) is 9.37 Å². The highest BCUT2D eigenvalue weighted by atomic mass is 32.1. The third-order valence-corrected chi connectivity index (χ3v) is 3.52. The number of aromatic nitrogens is 1. The summed E-state index contributed by atoms with van der Waals surface area (Å²) in [5.74, 6) is -0.231. The van der Waals surface area contributed by atoms with Crippen LogP contribution in [0.1, 0.15) is 18.7 Å². The zero-order valence-electron chi connectivity index (χ0n) is 11.0.